The van der Waals surface area contributed by atoms with E-state index in [4.69, 9.17) is 10.00 Å². The topological polar surface area (TPSA) is 65.4 Å². The van der Waals surface area contributed by atoms with Crippen LogP contribution in [0.5, 0.6) is 5.75 Å². The Kier molecular flexibility index (Phi) is 7.10. The van der Waals surface area contributed by atoms with Crippen LogP contribution in [0.2, 0.25) is 0 Å². The fraction of sp³-hybridized carbons (Fsp3) is 0.500. The second-order valence-electron chi connectivity index (χ2n) is 4.91. The van der Waals surface area contributed by atoms with Crippen LogP contribution in [0.3, 0.4) is 0 Å². The Morgan fingerprint density at radius 1 is 1.52 bits per heavy atom. The van der Waals surface area contributed by atoms with Gasteiger partial charge < -0.3 is 15.0 Å². The van der Waals surface area contributed by atoms with Gasteiger partial charge in [-0.15, -0.1) is 0 Å². The molecule has 114 valence electrons. The molecule has 0 radical (unpaired) electrons. The second kappa shape index (κ2) is 8.85. The highest BCUT2D eigenvalue weighted by Crippen LogP contribution is 2.18. The average Bonchev–Trinajstić information content (AvgIpc) is 2.50. The molecule has 5 heteroatoms. The molecule has 0 aliphatic carbocycles. The van der Waals surface area contributed by atoms with E-state index in [0.29, 0.717) is 19.6 Å². The normalized spacial score (nSPS) is 11.3. The van der Waals surface area contributed by atoms with Gasteiger partial charge in [0.1, 0.15) is 11.8 Å². The second-order valence-corrected chi connectivity index (χ2v) is 4.91. The summed E-state index contributed by atoms with van der Waals surface area (Å²) < 4.78 is 5.57. The first-order valence-electron chi connectivity index (χ1n) is 7.19. The number of carbonyl (C=O) groups is 1. The Balaban J connectivity index is 2.59. The third-order valence-electron chi connectivity index (χ3n) is 3.00. The number of nitrogens with one attached hydrogen (secondary N) is 1. The van der Waals surface area contributed by atoms with Crippen LogP contribution in [0.1, 0.15) is 26.7 Å². The van der Waals surface area contributed by atoms with Gasteiger partial charge in [0.05, 0.1) is 19.1 Å². The summed E-state index contributed by atoms with van der Waals surface area (Å²) in [6.07, 6.45) is 1.30. The summed E-state index contributed by atoms with van der Waals surface area (Å²) in [7, 11) is 1.71. The molecule has 0 aromatic heterocycles. The summed E-state index contributed by atoms with van der Waals surface area (Å²) in [6, 6.07) is 9.26. The molecule has 21 heavy (non-hydrogen) atoms. The maximum atomic E-state index is 12.1. The Labute approximate surface area is 126 Å². The lowest BCUT2D eigenvalue weighted by atomic mass is 10.2. The number of rotatable bonds is 8. The van der Waals surface area contributed by atoms with Crippen LogP contribution in [0, 0.1) is 11.3 Å². The lowest BCUT2D eigenvalue weighted by Crippen LogP contribution is -2.39. The van der Waals surface area contributed by atoms with Gasteiger partial charge in [-0.3, -0.25) is 4.79 Å². The predicted molar refractivity (Wildman–Crippen MR) is 83.2 cm³/mol. The maximum absolute atomic E-state index is 12.1. The predicted octanol–water partition coefficient (Wildman–Crippen LogP) is 2.65. The Morgan fingerprint density at radius 3 is 2.95 bits per heavy atom. The third-order valence-corrected chi connectivity index (χ3v) is 3.00. The number of hydrogen-bond acceptors (Lipinski definition) is 4. The first-order valence-corrected chi connectivity index (χ1v) is 7.19. The molecule has 1 aromatic carbocycles. The summed E-state index contributed by atoms with van der Waals surface area (Å²) >= 11 is 0. The molecule has 1 atom stereocenters. The van der Waals surface area contributed by atoms with E-state index >= 15 is 0 Å². The minimum Gasteiger partial charge on any atom is -0.494 e. The fourth-order valence-corrected chi connectivity index (χ4v) is 1.87. The Morgan fingerprint density at radius 2 is 2.29 bits per heavy atom. The van der Waals surface area contributed by atoms with Gasteiger partial charge in [0, 0.05) is 25.3 Å². The number of amides is 1. The van der Waals surface area contributed by atoms with Crippen LogP contribution in [0.25, 0.3) is 0 Å². The molecule has 1 rings (SSSR count). The first kappa shape index (κ1) is 16.8. The summed E-state index contributed by atoms with van der Waals surface area (Å²) in [6.45, 7) is 4.99. The molecule has 1 amide bonds. The lowest BCUT2D eigenvalue weighted by Gasteiger charge is -2.22. The summed E-state index contributed by atoms with van der Waals surface area (Å²) in [5.41, 5.74) is 0.845. The zero-order valence-electron chi connectivity index (χ0n) is 12.9. The fourth-order valence-electron chi connectivity index (χ4n) is 1.87. The number of carbonyl (C=O) groups excluding carboxylic acids is 1. The van der Waals surface area contributed by atoms with Crippen LogP contribution < -0.4 is 10.1 Å². The molecular formula is C16H23N3O2. The van der Waals surface area contributed by atoms with Crippen molar-refractivity contribution < 1.29 is 9.53 Å². The van der Waals surface area contributed by atoms with Crippen molar-refractivity contribution in [3.8, 4) is 11.8 Å². The number of hydrogen-bond donors (Lipinski definition) is 1. The average molecular weight is 289 g/mol. The molecule has 1 N–H and O–H groups in total. The van der Waals surface area contributed by atoms with Gasteiger partial charge in [0.15, 0.2) is 0 Å². The van der Waals surface area contributed by atoms with Crippen molar-refractivity contribution in [2.24, 2.45) is 0 Å². The van der Waals surface area contributed by atoms with Crippen LogP contribution in [0.4, 0.5) is 5.69 Å². The molecule has 5 nitrogen and oxygen atoms in total. The van der Waals surface area contributed by atoms with E-state index in [-0.39, 0.29) is 11.9 Å². The number of benzene rings is 1. The number of nitrogens with zero attached hydrogens (tertiary/aromatic N) is 2. The van der Waals surface area contributed by atoms with E-state index < -0.39 is 0 Å². The van der Waals surface area contributed by atoms with Crippen molar-refractivity contribution in [3.63, 3.8) is 0 Å². The number of ether oxygens (including phenoxy) is 1. The Hall–Kier alpha value is -2.22. The highest BCUT2D eigenvalue weighted by Gasteiger charge is 2.17. The minimum atomic E-state index is -0.352. The molecule has 0 fully saturated rings. The van der Waals surface area contributed by atoms with Crippen LogP contribution in [-0.2, 0) is 4.79 Å². The highest BCUT2D eigenvalue weighted by atomic mass is 16.5. The smallest absolute Gasteiger partial charge is 0.244 e. The summed E-state index contributed by atoms with van der Waals surface area (Å²) in [5.74, 6) is 0.754. The Bertz CT molecular complexity index is 497. The van der Waals surface area contributed by atoms with Crippen molar-refractivity contribution in [1.82, 2.24) is 4.90 Å². The monoisotopic (exact) mass is 289 g/mol. The van der Waals surface area contributed by atoms with Crippen LogP contribution in [-0.4, -0.2) is 37.0 Å². The molecule has 0 saturated heterocycles. The lowest BCUT2D eigenvalue weighted by molar-refractivity contribution is -0.130. The van der Waals surface area contributed by atoms with Gasteiger partial charge in [-0.1, -0.05) is 13.0 Å². The standard InChI is InChI=1S/C16H23N3O2/c1-4-11-21-15-8-5-7-14(12-15)18-13(2)16(20)19(3)10-6-9-17/h5,7-8,12-13,18H,4,6,10-11H2,1-3H3. The molecule has 1 unspecified atom stereocenters. The number of likely N-dealkylation sites (N-methyl/N-ethyl adjacent to an activating group) is 1. The van der Waals surface area contributed by atoms with E-state index in [0.717, 1.165) is 17.9 Å². The largest absolute Gasteiger partial charge is 0.494 e. The van der Waals surface area contributed by atoms with Crippen molar-refractivity contribution in [1.29, 1.82) is 5.26 Å². The molecular weight excluding hydrogens is 266 g/mol. The van der Waals surface area contributed by atoms with Gasteiger partial charge in [0.25, 0.3) is 0 Å². The van der Waals surface area contributed by atoms with Crippen molar-refractivity contribution in [2.45, 2.75) is 32.7 Å². The van der Waals surface area contributed by atoms with E-state index in [1.807, 2.05) is 37.3 Å². The molecule has 1 aromatic rings. The highest BCUT2D eigenvalue weighted by molar-refractivity contribution is 5.84. The van der Waals surface area contributed by atoms with Gasteiger partial charge in [0.2, 0.25) is 5.91 Å². The van der Waals surface area contributed by atoms with E-state index in [2.05, 4.69) is 12.2 Å². The van der Waals surface area contributed by atoms with Crippen molar-refractivity contribution in [2.75, 3.05) is 25.5 Å². The van der Waals surface area contributed by atoms with Crippen LogP contribution in [0.15, 0.2) is 24.3 Å². The number of anilines is 1. The molecule has 0 spiro atoms. The van der Waals surface area contributed by atoms with Gasteiger partial charge in [-0.05, 0) is 25.5 Å². The molecule has 0 aliphatic rings. The minimum absolute atomic E-state index is 0.0369. The molecule has 0 aliphatic heterocycles. The maximum Gasteiger partial charge on any atom is 0.244 e. The molecule has 0 heterocycles. The van der Waals surface area contributed by atoms with Gasteiger partial charge in [-0.25, -0.2) is 0 Å². The quantitative estimate of drug-likeness (QED) is 0.799. The molecule has 0 saturated carbocycles. The van der Waals surface area contributed by atoms with Crippen molar-refractivity contribution >= 4 is 11.6 Å². The van der Waals surface area contributed by atoms with Crippen LogP contribution >= 0.6 is 0 Å². The zero-order valence-corrected chi connectivity index (χ0v) is 12.9. The number of nitriles is 1. The summed E-state index contributed by atoms with van der Waals surface area (Å²) in [5, 5.41) is 11.7. The van der Waals surface area contributed by atoms with Crippen molar-refractivity contribution in [3.05, 3.63) is 24.3 Å². The van der Waals surface area contributed by atoms with E-state index in [1.54, 1.807) is 11.9 Å². The van der Waals surface area contributed by atoms with E-state index in [9.17, 15) is 4.79 Å². The SMILES string of the molecule is CCCOc1cccc(NC(C)C(=O)N(C)CCC#N)c1. The first-order chi connectivity index (χ1) is 10.1. The molecule has 0 bridgehead atoms. The van der Waals surface area contributed by atoms with Gasteiger partial charge >= 0.3 is 0 Å². The zero-order chi connectivity index (χ0) is 15.7. The third kappa shape index (κ3) is 5.74. The van der Waals surface area contributed by atoms with E-state index in [1.165, 1.54) is 0 Å². The summed E-state index contributed by atoms with van der Waals surface area (Å²) in [4.78, 5) is 13.7. The van der Waals surface area contributed by atoms with Gasteiger partial charge in [-0.2, -0.15) is 5.26 Å².